The third kappa shape index (κ3) is 4.27. The molecule has 0 saturated heterocycles. The van der Waals surface area contributed by atoms with E-state index in [1.165, 1.54) is 4.31 Å². The van der Waals surface area contributed by atoms with Gasteiger partial charge in [-0.2, -0.15) is 0 Å². The molecule has 1 aliphatic heterocycles. The van der Waals surface area contributed by atoms with Crippen LogP contribution < -0.4 is 9.21 Å². The zero-order valence-electron chi connectivity index (χ0n) is 19.5. The molecule has 0 N–H and O–H groups in total. The lowest BCUT2D eigenvalue weighted by Gasteiger charge is -2.44. The van der Waals surface area contributed by atoms with Crippen LogP contribution in [0.15, 0.2) is 83.8 Å². The number of fused-ring (bicyclic) bond motifs is 1. The number of aryl methyl sites for hydroxylation is 1. The summed E-state index contributed by atoms with van der Waals surface area (Å²) >= 11 is 0. The van der Waals surface area contributed by atoms with Gasteiger partial charge in [-0.3, -0.25) is 9.10 Å². The van der Waals surface area contributed by atoms with Gasteiger partial charge in [-0.15, -0.1) is 0 Å². The summed E-state index contributed by atoms with van der Waals surface area (Å²) in [5, 5.41) is 0. The van der Waals surface area contributed by atoms with Gasteiger partial charge in [-0.05, 0) is 56.2 Å². The van der Waals surface area contributed by atoms with E-state index in [4.69, 9.17) is 0 Å². The van der Waals surface area contributed by atoms with E-state index in [0.29, 0.717) is 12.1 Å². The van der Waals surface area contributed by atoms with Crippen molar-refractivity contribution in [2.75, 3.05) is 9.21 Å². The molecule has 0 aliphatic carbocycles. The van der Waals surface area contributed by atoms with Crippen LogP contribution in [-0.2, 0) is 14.8 Å². The molecule has 0 spiro atoms. The molecule has 3 aromatic rings. The van der Waals surface area contributed by atoms with Crippen LogP contribution in [0.1, 0.15) is 44.4 Å². The Labute approximate surface area is 196 Å². The fourth-order valence-corrected chi connectivity index (χ4v) is 6.14. The molecular formula is C27H30N2O3S. The second kappa shape index (κ2) is 9.02. The minimum Gasteiger partial charge on any atom is -0.309 e. The quantitative estimate of drug-likeness (QED) is 0.488. The van der Waals surface area contributed by atoms with Gasteiger partial charge in [0.2, 0.25) is 5.91 Å². The third-order valence-electron chi connectivity index (χ3n) is 6.16. The van der Waals surface area contributed by atoms with Crippen molar-refractivity contribution >= 4 is 27.3 Å². The van der Waals surface area contributed by atoms with Gasteiger partial charge in [0.25, 0.3) is 10.0 Å². The molecular weight excluding hydrogens is 432 g/mol. The van der Waals surface area contributed by atoms with Crippen LogP contribution in [-0.4, -0.2) is 20.4 Å². The number of rotatable bonds is 5. The van der Waals surface area contributed by atoms with Crippen molar-refractivity contribution in [2.24, 2.45) is 5.92 Å². The van der Waals surface area contributed by atoms with Crippen LogP contribution in [0.2, 0.25) is 0 Å². The lowest BCUT2D eigenvalue weighted by molar-refractivity contribution is -0.122. The highest BCUT2D eigenvalue weighted by atomic mass is 32.2. The smallest absolute Gasteiger partial charge is 0.264 e. The van der Waals surface area contributed by atoms with Crippen LogP contribution in [0.25, 0.3) is 0 Å². The Morgan fingerprint density at radius 3 is 2.18 bits per heavy atom. The van der Waals surface area contributed by atoms with Gasteiger partial charge in [0.1, 0.15) is 0 Å². The Kier molecular flexibility index (Phi) is 6.30. The van der Waals surface area contributed by atoms with E-state index in [-0.39, 0.29) is 22.8 Å². The first kappa shape index (κ1) is 23.1. The number of nitrogens with zero attached hydrogens (tertiary/aromatic N) is 2. The van der Waals surface area contributed by atoms with Gasteiger partial charge < -0.3 is 4.90 Å². The summed E-state index contributed by atoms with van der Waals surface area (Å²) in [5.41, 5.74) is 3.22. The van der Waals surface area contributed by atoms with E-state index >= 15 is 0 Å². The molecule has 0 unspecified atom stereocenters. The first-order chi connectivity index (χ1) is 15.7. The zero-order chi connectivity index (χ0) is 23.8. The first-order valence-electron chi connectivity index (χ1n) is 11.3. The molecule has 1 amide bonds. The maximum Gasteiger partial charge on any atom is 0.264 e. The molecule has 0 aromatic heterocycles. The third-order valence-corrected chi connectivity index (χ3v) is 8.01. The molecule has 0 saturated carbocycles. The Morgan fingerprint density at radius 2 is 1.55 bits per heavy atom. The molecule has 172 valence electrons. The molecule has 0 fully saturated rings. The molecule has 33 heavy (non-hydrogen) atoms. The highest BCUT2D eigenvalue weighted by Crippen LogP contribution is 2.44. The van der Waals surface area contributed by atoms with Gasteiger partial charge in [-0.1, -0.05) is 67.9 Å². The summed E-state index contributed by atoms with van der Waals surface area (Å²) in [6, 6.07) is 23.2. The minimum atomic E-state index is -3.86. The minimum absolute atomic E-state index is 0.0426. The number of carbonyl (C=O) groups is 1. The van der Waals surface area contributed by atoms with Crippen molar-refractivity contribution in [2.45, 2.75) is 51.1 Å². The molecule has 3 aromatic carbocycles. The largest absolute Gasteiger partial charge is 0.309 e. The number of carbonyl (C=O) groups excluding carboxylic acids is 1. The van der Waals surface area contributed by atoms with Crippen LogP contribution in [0, 0.1) is 12.8 Å². The van der Waals surface area contributed by atoms with Crippen molar-refractivity contribution < 1.29 is 13.2 Å². The second-order valence-corrected chi connectivity index (χ2v) is 10.8. The van der Waals surface area contributed by atoms with Crippen LogP contribution >= 0.6 is 0 Å². The predicted octanol–water partition coefficient (Wildman–Crippen LogP) is 5.71. The highest BCUT2D eigenvalue weighted by molar-refractivity contribution is 7.92. The summed E-state index contributed by atoms with van der Waals surface area (Å²) in [6.45, 7) is 7.71. The maximum atomic E-state index is 14.0. The Bertz CT molecular complexity index is 1240. The maximum absolute atomic E-state index is 14.0. The second-order valence-electron chi connectivity index (χ2n) is 8.97. The Hall–Kier alpha value is -3.12. The number of sulfonamides is 1. The van der Waals surface area contributed by atoms with E-state index in [0.717, 1.165) is 16.8 Å². The van der Waals surface area contributed by atoms with Crippen LogP contribution in [0.4, 0.5) is 11.4 Å². The van der Waals surface area contributed by atoms with Gasteiger partial charge in [0, 0.05) is 17.6 Å². The topological polar surface area (TPSA) is 57.7 Å². The SMILES string of the molecule is Cc1ccc(S(=O)(=O)N(c2ccccc2)[C@H]2C[C@H](C)N(C(=O)C(C)C)c3ccccc32)cc1. The van der Waals surface area contributed by atoms with Gasteiger partial charge in [-0.25, -0.2) is 8.42 Å². The molecule has 4 rings (SSSR count). The van der Waals surface area contributed by atoms with Gasteiger partial charge in [0.15, 0.2) is 0 Å². The van der Waals surface area contributed by atoms with E-state index in [1.54, 1.807) is 12.1 Å². The van der Waals surface area contributed by atoms with E-state index in [1.807, 2.05) is 99.3 Å². The molecule has 0 radical (unpaired) electrons. The molecule has 0 bridgehead atoms. The summed E-state index contributed by atoms with van der Waals surface area (Å²) in [7, 11) is -3.86. The number of para-hydroxylation sites is 2. The number of anilines is 2. The van der Waals surface area contributed by atoms with Crippen molar-refractivity contribution in [3.05, 3.63) is 90.0 Å². The van der Waals surface area contributed by atoms with E-state index < -0.39 is 16.1 Å². The van der Waals surface area contributed by atoms with Crippen molar-refractivity contribution in [3.63, 3.8) is 0 Å². The molecule has 1 heterocycles. The molecule has 1 aliphatic rings. The first-order valence-corrected chi connectivity index (χ1v) is 12.7. The zero-order valence-corrected chi connectivity index (χ0v) is 20.3. The summed E-state index contributed by atoms with van der Waals surface area (Å²) < 4.78 is 29.6. The Balaban J connectivity index is 1.90. The number of hydrogen-bond donors (Lipinski definition) is 0. The van der Waals surface area contributed by atoms with Crippen molar-refractivity contribution in [1.29, 1.82) is 0 Å². The van der Waals surface area contributed by atoms with Crippen molar-refractivity contribution in [1.82, 2.24) is 0 Å². The van der Waals surface area contributed by atoms with Crippen LogP contribution in [0.3, 0.4) is 0 Å². The highest BCUT2D eigenvalue weighted by Gasteiger charge is 2.41. The van der Waals surface area contributed by atoms with Crippen molar-refractivity contribution in [3.8, 4) is 0 Å². The average Bonchev–Trinajstić information content (AvgIpc) is 2.80. The number of hydrogen-bond acceptors (Lipinski definition) is 3. The lowest BCUT2D eigenvalue weighted by Crippen LogP contribution is -2.49. The number of amides is 1. The van der Waals surface area contributed by atoms with Gasteiger partial charge >= 0.3 is 0 Å². The van der Waals surface area contributed by atoms with E-state index in [9.17, 15) is 13.2 Å². The summed E-state index contributed by atoms with van der Waals surface area (Å²) in [5.74, 6) is -0.111. The average molecular weight is 463 g/mol. The summed E-state index contributed by atoms with van der Waals surface area (Å²) in [4.78, 5) is 15.1. The predicted molar refractivity (Wildman–Crippen MR) is 133 cm³/mol. The monoisotopic (exact) mass is 462 g/mol. The molecule has 2 atom stereocenters. The lowest BCUT2D eigenvalue weighted by atomic mass is 9.90. The molecule has 5 nitrogen and oxygen atoms in total. The summed E-state index contributed by atoms with van der Waals surface area (Å²) in [6.07, 6.45) is 0.495. The fraction of sp³-hybridized carbons (Fsp3) is 0.296. The standard InChI is InChI=1S/C27H30N2O3S/c1-19(2)27(30)28-21(4)18-26(24-12-8-9-13-25(24)28)29(22-10-6-5-7-11-22)33(31,32)23-16-14-20(3)15-17-23/h5-17,19,21,26H,18H2,1-4H3/t21-,26-/m0/s1. The van der Waals surface area contributed by atoms with Crippen LogP contribution in [0.5, 0.6) is 0 Å². The van der Waals surface area contributed by atoms with E-state index in [2.05, 4.69) is 0 Å². The Morgan fingerprint density at radius 1 is 0.939 bits per heavy atom. The van der Waals surface area contributed by atoms with Gasteiger partial charge in [0.05, 0.1) is 16.6 Å². The fourth-order valence-electron chi connectivity index (χ4n) is 4.50. The number of benzene rings is 3. The molecule has 6 heteroatoms. The normalized spacial score (nSPS) is 18.2.